The van der Waals surface area contributed by atoms with Gasteiger partial charge in [-0.15, -0.1) is 0 Å². The van der Waals surface area contributed by atoms with Gasteiger partial charge in [-0.1, -0.05) is 17.9 Å². The summed E-state index contributed by atoms with van der Waals surface area (Å²) >= 11 is 0. The van der Waals surface area contributed by atoms with Crippen LogP contribution in [0.15, 0.2) is 42.3 Å². The van der Waals surface area contributed by atoms with Gasteiger partial charge in [-0.3, -0.25) is 25.3 Å². The number of nitrogens with zero attached hydrogens (tertiary/aromatic N) is 3. The third kappa shape index (κ3) is 4.43. The molecule has 3 atom stereocenters. The van der Waals surface area contributed by atoms with E-state index in [1.54, 1.807) is 36.4 Å². The smallest absolute Gasteiger partial charge is 0.323 e. The Balaban J connectivity index is 1.34. The topological polar surface area (TPSA) is 140 Å². The van der Waals surface area contributed by atoms with E-state index in [0.29, 0.717) is 29.4 Å². The predicted molar refractivity (Wildman–Crippen MR) is 130 cm³/mol. The molecule has 36 heavy (non-hydrogen) atoms. The van der Waals surface area contributed by atoms with Crippen LogP contribution in [0, 0.1) is 29.1 Å². The van der Waals surface area contributed by atoms with Crippen molar-refractivity contribution in [3.63, 3.8) is 0 Å². The SMILES string of the molecule is COC1=CC2C(=O)N(CC3(C#Cc4ccc(C(=N)N5CCNCC5)nc4)NC(=O)NC3=O)CC2C=C1. The Kier molecular flexibility index (Phi) is 6.20. The first-order valence-corrected chi connectivity index (χ1v) is 11.8. The largest absolute Gasteiger partial charge is 0.497 e. The van der Waals surface area contributed by atoms with Crippen molar-refractivity contribution in [2.24, 2.45) is 11.8 Å². The van der Waals surface area contributed by atoms with Gasteiger partial charge in [-0.25, -0.2) is 4.79 Å². The molecule has 4 amide bonds. The van der Waals surface area contributed by atoms with Crippen molar-refractivity contribution in [2.75, 3.05) is 46.4 Å². The highest BCUT2D eigenvalue weighted by molar-refractivity contribution is 6.09. The number of likely N-dealkylation sites (tertiary alicyclic amines) is 1. The first kappa shape index (κ1) is 23.6. The van der Waals surface area contributed by atoms with E-state index in [0.717, 1.165) is 26.2 Å². The molecular formula is C25H27N7O4. The third-order valence-corrected chi connectivity index (χ3v) is 6.81. The molecule has 3 fully saturated rings. The fraction of sp³-hybridized carbons (Fsp3) is 0.400. The Bertz CT molecular complexity index is 1220. The van der Waals surface area contributed by atoms with Crippen molar-refractivity contribution in [2.45, 2.75) is 5.54 Å². The predicted octanol–water partition coefficient (Wildman–Crippen LogP) is -0.583. The van der Waals surface area contributed by atoms with Crippen LogP contribution in [0.5, 0.6) is 0 Å². The number of pyridine rings is 1. The molecule has 3 saturated heterocycles. The maximum absolute atomic E-state index is 13.1. The van der Waals surface area contributed by atoms with Crippen LogP contribution in [0.25, 0.3) is 0 Å². The number of rotatable bonds is 4. The number of imide groups is 1. The second-order valence-corrected chi connectivity index (χ2v) is 9.12. The number of ether oxygens (including phenoxy) is 1. The zero-order valence-corrected chi connectivity index (χ0v) is 19.8. The van der Waals surface area contributed by atoms with Gasteiger partial charge in [0.1, 0.15) is 17.3 Å². The number of methoxy groups -OCH3 is 1. The highest BCUT2D eigenvalue weighted by Crippen LogP contribution is 2.33. The fourth-order valence-electron chi connectivity index (χ4n) is 4.81. The summed E-state index contributed by atoms with van der Waals surface area (Å²) in [5, 5.41) is 16.5. The van der Waals surface area contributed by atoms with Crippen molar-refractivity contribution >= 4 is 23.7 Å². The normalized spacial score (nSPS) is 27.0. The number of fused-ring (bicyclic) bond motifs is 1. The lowest BCUT2D eigenvalue weighted by Crippen LogP contribution is -2.55. The number of urea groups is 1. The van der Waals surface area contributed by atoms with Crippen LogP contribution in [-0.2, 0) is 14.3 Å². The molecule has 0 bridgehead atoms. The Morgan fingerprint density at radius 1 is 1.28 bits per heavy atom. The summed E-state index contributed by atoms with van der Waals surface area (Å²) in [7, 11) is 1.55. The molecule has 11 nitrogen and oxygen atoms in total. The van der Waals surface area contributed by atoms with E-state index in [1.807, 2.05) is 17.1 Å². The second kappa shape index (κ2) is 9.47. The maximum Gasteiger partial charge on any atom is 0.323 e. The standard InChI is InChI=1S/C25H27N7O4/c1-36-18-4-3-17-14-32(22(33)19(17)12-18)15-25(23(34)29-24(35)30-25)7-6-16-2-5-20(28-13-16)21(26)31-10-8-27-9-11-31/h2-5,12-13,17,19,26-27H,8-11,14-15H2,1H3,(H2,29,30,34,35). The number of hydrogen-bond donors (Lipinski definition) is 4. The summed E-state index contributed by atoms with van der Waals surface area (Å²) in [5.74, 6) is 5.63. The molecule has 0 aromatic carbocycles. The van der Waals surface area contributed by atoms with Crippen molar-refractivity contribution in [1.29, 1.82) is 5.41 Å². The number of nitrogens with one attached hydrogen (secondary N) is 4. The van der Waals surface area contributed by atoms with Crippen LogP contribution in [0.1, 0.15) is 11.3 Å². The lowest BCUT2D eigenvalue weighted by molar-refractivity contribution is -0.131. The molecule has 4 aliphatic rings. The quantitative estimate of drug-likeness (QED) is 0.192. The van der Waals surface area contributed by atoms with Gasteiger partial charge in [0.15, 0.2) is 0 Å². The lowest BCUT2D eigenvalue weighted by atomic mass is 9.91. The number of aromatic nitrogens is 1. The molecule has 186 valence electrons. The number of allylic oxidation sites excluding steroid dienone is 1. The van der Waals surface area contributed by atoms with Crippen molar-refractivity contribution < 1.29 is 19.1 Å². The van der Waals surface area contributed by atoms with Gasteiger partial charge in [0, 0.05) is 50.4 Å². The van der Waals surface area contributed by atoms with Gasteiger partial charge in [0.05, 0.1) is 19.6 Å². The summed E-state index contributed by atoms with van der Waals surface area (Å²) in [6, 6.07) is 2.79. The minimum Gasteiger partial charge on any atom is -0.497 e. The molecule has 0 spiro atoms. The minimum absolute atomic E-state index is 0.0377. The third-order valence-electron chi connectivity index (χ3n) is 6.81. The molecule has 1 aromatic rings. The van der Waals surface area contributed by atoms with Crippen molar-refractivity contribution in [3.05, 3.63) is 53.6 Å². The van der Waals surface area contributed by atoms with Crippen molar-refractivity contribution in [3.8, 4) is 11.8 Å². The van der Waals surface area contributed by atoms with E-state index in [1.165, 1.54) is 0 Å². The molecule has 5 rings (SSSR count). The van der Waals surface area contributed by atoms with E-state index in [4.69, 9.17) is 10.1 Å². The van der Waals surface area contributed by atoms with E-state index < -0.39 is 17.5 Å². The minimum atomic E-state index is -1.58. The molecule has 3 unspecified atom stereocenters. The van der Waals surface area contributed by atoms with E-state index in [9.17, 15) is 14.4 Å². The van der Waals surface area contributed by atoms with Gasteiger partial charge in [0.2, 0.25) is 11.4 Å². The van der Waals surface area contributed by atoms with Gasteiger partial charge in [0.25, 0.3) is 5.91 Å². The molecule has 4 N–H and O–H groups in total. The monoisotopic (exact) mass is 489 g/mol. The molecule has 1 aliphatic carbocycles. The van der Waals surface area contributed by atoms with Crippen LogP contribution in [0.3, 0.4) is 0 Å². The summed E-state index contributed by atoms with van der Waals surface area (Å²) < 4.78 is 5.25. The molecule has 3 aliphatic heterocycles. The number of carbonyl (C=O) groups excluding carboxylic acids is 3. The van der Waals surface area contributed by atoms with Gasteiger partial charge in [-0.2, -0.15) is 0 Å². The lowest BCUT2D eigenvalue weighted by Gasteiger charge is -2.29. The summed E-state index contributed by atoms with van der Waals surface area (Å²) in [6.07, 6.45) is 7.08. The van der Waals surface area contributed by atoms with Crippen molar-refractivity contribution in [1.82, 2.24) is 30.7 Å². The zero-order valence-electron chi connectivity index (χ0n) is 19.8. The number of amidine groups is 1. The highest BCUT2D eigenvalue weighted by Gasteiger charge is 2.50. The van der Waals surface area contributed by atoms with Crippen LogP contribution in [0.2, 0.25) is 0 Å². The molecule has 11 heteroatoms. The Morgan fingerprint density at radius 3 is 2.75 bits per heavy atom. The molecule has 0 radical (unpaired) electrons. The van der Waals surface area contributed by atoms with E-state index >= 15 is 0 Å². The summed E-state index contributed by atoms with van der Waals surface area (Å²) in [5.41, 5.74) is -0.521. The molecular weight excluding hydrogens is 462 g/mol. The van der Waals surface area contributed by atoms with Gasteiger partial charge >= 0.3 is 6.03 Å². The average Bonchev–Trinajstić information content (AvgIpc) is 3.36. The second-order valence-electron chi connectivity index (χ2n) is 9.12. The van der Waals surface area contributed by atoms with Crippen LogP contribution in [-0.4, -0.2) is 90.4 Å². The number of carbonyl (C=O) groups is 3. The van der Waals surface area contributed by atoms with Crippen LogP contribution < -0.4 is 16.0 Å². The summed E-state index contributed by atoms with van der Waals surface area (Å²) in [6.45, 7) is 3.46. The highest BCUT2D eigenvalue weighted by atomic mass is 16.5. The number of piperazine rings is 1. The number of hydrogen-bond acceptors (Lipinski definition) is 7. The van der Waals surface area contributed by atoms with Gasteiger partial charge < -0.3 is 25.2 Å². The maximum atomic E-state index is 13.1. The number of amides is 4. The van der Waals surface area contributed by atoms with Crippen LogP contribution >= 0.6 is 0 Å². The molecule has 4 heterocycles. The van der Waals surface area contributed by atoms with Crippen LogP contribution in [0.4, 0.5) is 4.79 Å². The fourth-order valence-corrected chi connectivity index (χ4v) is 4.81. The Morgan fingerprint density at radius 2 is 2.08 bits per heavy atom. The molecule has 1 aromatic heterocycles. The Hall–Kier alpha value is -4.17. The first-order chi connectivity index (χ1) is 17.4. The average molecular weight is 490 g/mol. The van der Waals surface area contributed by atoms with E-state index in [-0.39, 0.29) is 24.3 Å². The zero-order chi connectivity index (χ0) is 25.3. The Labute approximate surface area is 208 Å². The van der Waals surface area contributed by atoms with E-state index in [2.05, 4.69) is 32.8 Å². The first-order valence-electron chi connectivity index (χ1n) is 11.8. The summed E-state index contributed by atoms with van der Waals surface area (Å²) in [4.78, 5) is 45.8. The van der Waals surface area contributed by atoms with Gasteiger partial charge in [-0.05, 0) is 24.3 Å². The molecule has 0 saturated carbocycles.